The van der Waals surface area contributed by atoms with E-state index in [4.69, 9.17) is 5.73 Å². The van der Waals surface area contributed by atoms with Crippen molar-refractivity contribution in [2.75, 3.05) is 6.54 Å². The molecule has 0 aromatic carbocycles. The second kappa shape index (κ2) is 5.82. The first-order valence-corrected chi connectivity index (χ1v) is 6.09. The third kappa shape index (κ3) is 3.06. The van der Waals surface area contributed by atoms with Crippen molar-refractivity contribution < 1.29 is 4.79 Å². The molecule has 5 nitrogen and oxygen atoms in total. The zero-order valence-electron chi connectivity index (χ0n) is 10.8. The van der Waals surface area contributed by atoms with E-state index in [0.717, 1.165) is 12.8 Å². The van der Waals surface area contributed by atoms with Gasteiger partial charge in [-0.1, -0.05) is 13.8 Å². The molecule has 17 heavy (non-hydrogen) atoms. The molecule has 1 amide bonds. The van der Waals surface area contributed by atoms with Crippen LogP contribution in [0.2, 0.25) is 0 Å². The fourth-order valence-electron chi connectivity index (χ4n) is 1.76. The number of rotatable bonds is 6. The quantitative estimate of drug-likeness (QED) is 0.779. The molecule has 1 heterocycles. The molecule has 1 aromatic rings. The first kappa shape index (κ1) is 13.7. The smallest absolute Gasteiger partial charge is 0.245 e. The lowest BCUT2D eigenvalue weighted by atomic mass is 9.92. The number of nitrogens with zero attached hydrogens (tertiary/aromatic N) is 2. The zero-order chi connectivity index (χ0) is 12.9. The van der Waals surface area contributed by atoms with Crippen molar-refractivity contribution in [3.8, 4) is 0 Å². The van der Waals surface area contributed by atoms with Crippen molar-refractivity contribution >= 4 is 5.91 Å². The number of nitrogens with one attached hydrogen (secondary N) is 1. The fourth-order valence-corrected chi connectivity index (χ4v) is 1.76. The summed E-state index contributed by atoms with van der Waals surface area (Å²) in [5.41, 5.74) is 5.47. The van der Waals surface area contributed by atoms with Gasteiger partial charge in [-0.2, -0.15) is 5.10 Å². The molecule has 96 valence electrons. The van der Waals surface area contributed by atoms with E-state index < -0.39 is 0 Å². The van der Waals surface area contributed by atoms with Crippen molar-refractivity contribution in [1.82, 2.24) is 15.1 Å². The zero-order valence-corrected chi connectivity index (χ0v) is 10.8. The van der Waals surface area contributed by atoms with Gasteiger partial charge < -0.3 is 11.1 Å². The molecule has 0 saturated heterocycles. The monoisotopic (exact) mass is 238 g/mol. The largest absolute Gasteiger partial charge is 0.348 e. The summed E-state index contributed by atoms with van der Waals surface area (Å²) in [4.78, 5) is 12.1. The number of hydrogen-bond donors (Lipinski definition) is 2. The highest BCUT2D eigenvalue weighted by atomic mass is 16.2. The third-order valence-electron chi connectivity index (χ3n) is 3.43. The van der Waals surface area contributed by atoms with Crippen molar-refractivity contribution in [3.05, 3.63) is 18.5 Å². The summed E-state index contributed by atoms with van der Waals surface area (Å²) in [5.74, 6) is -0.0390. The molecule has 3 N–H and O–H groups in total. The highest BCUT2D eigenvalue weighted by Crippen LogP contribution is 2.15. The first-order chi connectivity index (χ1) is 8.08. The molecule has 1 atom stereocenters. The van der Waals surface area contributed by atoms with E-state index in [1.807, 2.05) is 20.8 Å². The second-order valence-corrected chi connectivity index (χ2v) is 4.34. The molecule has 1 unspecified atom stereocenters. The highest BCUT2D eigenvalue weighted by molar-refractivity contribution is 5.80. The van der Waals surface area contributed by atoms with Crippen LogP contribution in [-0.2, 0) is 4.79 Å². The summed E-state index contributed by atoms with van der Waals surface area (Å²) in [6, 6.07) is 1.49. The molecule has 0 radical (unpaired) electrons. The van der Waals surface area contributed by atoms with Crippen LogP contribution in [0.5, 0.6) is 0 Å². The Morgan fingerprint density at radius 2 is 2.18 bits per heavy atom. The lowest BCUT2D eigenvalue weighted by Crippen LogP contribution is -2.54. The topological polar surface area (TPSA) is 72.9 Å². The van der Waals surface area contributed by atoms with E-state index in [9.17, 15) is 4.79 Å². The van der Waals surface area contributed by atoms with Crippen molar-refractivity contribution in [1.29, 1.82) is 0 Å². The number of carbonyl (C=O) groups excluding carboxylic acids is 1. The SMILES string of the molecule is CCC(CC)(CN)NC(=O)C(C)n1cccn1. The van der Waals surface area contributed by atoms with Crippen LogP contribution < -0.4 is 11.1 Å². The Balaban J connectivity index is 2.71. The van der Waals surface area contributed by atoms with Gasteiger partial charge in [0.1, 0.15) is 6.04 Å². The maximum absolute atomic E-state index is 12.1. The number of hydrogen-bond acceptors (Lipinski definition) is 3. The molecule has 1 aromatic heterocycles. The number of amides is 1. The Kier molecular flexibility index (Phi) is 4.69. The maximum atomic E-state index is 12.1. The van der Waals surface area contributed by atoms with Gasteiger partial charge in [-0.3, -0.25) is 9.48 Å². The molecule has 0 bridgehead atoms. The normalized spacial score (nSPS) is 13.4. The number of nitrogens with two attached hydrogens (primary N) is 1. The van der Waals surface area contributed by atoms with E-state index >= 15 is 0 Å². The van der Waals surface area contributed by atoms with E-state index in [1.165, 1.54) is 0 Å². The lowest BCUT2D eigenvalue weighted by molar-refractivity contribution is -0.126. The molecule has 1 rings (SSSR count). The van der Waals surface area contributed by atoms with E-state index in [0.29, 0.717) is 6.54 Å². The van der Waals surface area contributed by atoms with Crippen LogP contribution in [0.15, 0.2) is 18.5 Å². The van der Waals surface area contributed by atoms with Crippen LogP contribution in [0.1, 0.15) is 39.7 Å². The van der Waals surface area contributed by atoms with Crippen LogP contribution in [0.3, 0.4) is 0 Å². The average Bonchev–Trinajstić information content (AvgIpc) is 2.88. The van der Waals surface area contributed by atoms with Gasteiger partial charge >= 0.3 is 0 Å². The van der Waals surface area contributed by atoms with Crippen LogP contribution in [0.25, 0.3) is 0 Å². The summed E-state index contributed by atoms with van der Waals surface area (Å²) in [6.07, 6.45) is 5.11. The molecule has 0 saturated carbocycles. The summed E-state index contributed by atoms with van der Waals surface area (Å²) in [7, 11) is 0. The number of aromatic nitrogens is 2. The van der Waals surface area contributed by atoms with Crippen LogP contribution in [0.4, 0.5) is 0 Å². The first-order valence-electron chi connectivity index (χ1n) is 6.09. The van der Waals surface area contributed by atoms with E-state index in [2.05, 4.69) is 10.4 Å². The maximum Gasteiger partial charge on any atom is 0.245 e. The van der Waals surface area contributed by atoms with Gasteiger partial charge in [-0.05, 0) is 25.8 Å². The van der Waals surface area contributed by atoms with E-state index in [-0.39, 0.29) is 17.5 Å². The van der Waals surface area contributed by atoms with Crippen LogP contribution >= 0.6 is 0 Å². The minimum absolute atomic E-state index is 0.0390. The molecular weight excluding hydrogens is 216 g/mol. The Bertz CT molecular complexity index is 335. The summed E-state index contributed by atoms with van der Waals surface area (Å²) in [6.45, 7) is 6.36. The van der Waals surface area contributed by atoms with Crippen molar-refractivity contribution in [2.45, 2.75) is 45.2 Å². The van der Waals surface area contributed by atoms with Crippen molar-refractivity contribution in [2.24, 2.45) is 5.73 Å². The number of carbonyl (C=O) groups is 1. The molecule has 0 aliphatic rings. The minimum Gasteiger partial charge on any atom is -0.348 e. The average molecular weight is 238 g/mol. The molecule has 0 aliphatic carbocycles. The van der Waals surface area contributed by atoms with Gasteiger partial charge in [-0.25, -0.2) is 0 Å². The Morgan fingerprint density at radius 3 is 2.59 bits per heavy atom. The van der Waals surface area contributed by atoms with Crippen LogP contribution in [-0.4, -0.2) is 27.8 Å². The van der Waals surface area contributed by atoms with Crippen molar-refractivity contribution in [3.63, 3.8) is 0 Å². The van der Waals surface area contributed by atoms with Gasteiger partial charge in [-0.15, -0.1) is 0 Å². The fraction of sp³-hybridized carbons (Fsp3) is 0.667. The Hall–Kier alpha value is -1.36. The van der Waals surface area contributed by atoms with Gasteiger partial charge in [0.25, 0.3) is 0 Å². The Labute approximate surface area is 102 Å². The summed E-state index contributed by atoms with van der Waals surface area (Å²) < 4.78 is 1.64. The summed E-state index contributed by atoms with van der Waals surface area (Å²) in [5, 5.41) is 7.11. The van der Waals surface area contributed by atoms with Gasteiger partial charge in [0, 0.05) is 18.9 Å². The standard InChI is InChI=1S/C12H22N4O/c1-4-12(5-2,9-13)15-11(17)10(3)16-8-6-7-14-16/h6-8,10H,4-5,9,13H2,1-3H3,(H,15,17). The second-order valence-electron chi connectivity index (χ2n) is 4.34. The molecule has 5 heteroatoms. The Morgan fingerprint density at radius 1 is 1.53 bits per heavy atom. The predicted octanol–water partition coefficient (Wildman–Crippen LogP) is 1.08. The molecule has 0 fully saturated rings. The lowest BCUT2D eigenvalue weighted by Gasteiger charge is -2.32. The molecular formula is C12H22N4O. The van der Waals surface area contributed by atoms with Gasteiger partial charge in [0.05, 0.1) is 5.54 Å². The van der Waals surface area contributed by atoms with Crippen LogP contribution in [0, 0.1) is 0 Å². The van der Waals surface area contributed by atoms with E-state index in [1.54, 1.807) is 23.1 Å². The van der Waals surface area contributed by atoms with Gasteiger partial charge in [0.15, 0.2) is 0 Å². The summed E-state index contributed by atoms with van der Waals surface area (Å²) >= 11 is 0. The van der Waals surface area contributed by atoms with Gasteiger partial charge in [0.2, 0.25) is 5.91 Å². The minimum atomic E-state index is -0.311. The third-order valence-corrected chi connectivity index (χ3v) is 3.43. The molecule has 0 spiro atoms. The highest BCUT2D eigenvalue weighted by Gasteiger charge is 2.28. The molecule has 0 aliphatic heterocycles. The predicted molar refractivity (Wildman–Crippen MR) is 67.4 cm³/mol.